The van der Waals surface area contributed by atoms with Crippen molar-refractivity contribution in [2.45, 2.75) is 12.5 Å². The second-order valence-electron chi connectivity index (χ2n) is 7.87. The van der Waals surface area contributed by atoms with Crippen molar-refractivity contribution in [3.05, 3.63) is 110 Å². The third-order valence-electron chi connectivity index (χ3n) is 5.91. The summed E-state index contributed by atoms with van der Waals surface area (Å²) < 4.78 is 24.7. The van der Waals surface area contributed by atoms with E-state index in [4.69, 9.17) is 20.8 Å². The van der Waals surface area contributed by atoms with Crippen LogP contribution < -0.4 is 10.2 Å². The van der Waals surface area contributed by atoms with Crippen LogP contribution in [0.5, 0.6) is 5.75 Å². The van der Waals surface area contributed by atoms with Crippen LogP contribution in [0.3, 0.4) is 0 Å². The fraction of sp³-hybridized carbons (Fsp3) is 0.154. The Bertz CT molecular complexity index is 1410. The van der Waals surface area contributed by atoms with Crippen molar-refractivity contribution in [2.75, 3.05) is 13.7 Å². The zero-order chi connectivity index (χ0) is 23.1. The Balaban J connectivity index is 1.60. The number of hydrogen-bond donors (Lipinski definition) is 0. The molecule has 0 saturated heterocycles. The molecule has 0 bridgehead atoms. The summed E-state index contributed by atoms with van der Waals surface area (Å²) in [5, 5.41) is 0.701. The van der Waals surface area contributed by atoms with Crippen molar-refractivity contribution in [3.63, 3.8) is 0 Å². The van der Waals surface area contributed by atoms with E-state index in [0.29, 0.717) is 34.5 Å². The van der Waals surface area contributed by atoms with E-state index in [-0.39, 0.29) is 22.7 Å². The highest BCUT2D eigenvalue weighted by molar-refractivity contribution is 6.31. The summed E-state index contributed by atoms with van der Waals surface area (Å²) in [6.07, 6.45) is 0.557. The zero-order valence-corrected chi connectivity index (χ0v) is 18.4. The number of carbonyl (C=O) groups excluding carboxylic acids is 1. The van der Waals surface area contributed by atoms with Crippen LogP contribution in [-0.4, -0.2) is 24.5 Å². The van der Waals surface area contributed by atoms with Crippen molar-refractivity contribution in [2.24, 2.45) is 0 Å². The largest absolute Gasteiger partial charge is 0.497 e. The number of methoxy groups -OCH3 is 1. The molecular formula is C26H19ClFNO4. The van der Waals surface area contributed by atoms with E-state index >= 15 is 0 Å². The van der Waals surface area contributed by atoms with Crippen molar-refractivity contribution < 1.29 is 18.3 Å². The number of fused-ring (bicyclic) bond motifs is 2. The first kappa shape index (κ1) is 21.2. The van der Waals surface area contributed by atoms with Gasteiger partial charge < -0.3 is 14.1 Å². The van der Waals surface area contributed by atoms with E-state index in [1.54, 1.807) is 36.3 Å². The van der Waals surface area contributed by atoms with Crippen LogP contribution in [0.25, 0.3) is 11.0 Å². The van der Waals surface area contributed by atoms with E-state index in [0.717, 1.165) is 11.3 Å². The summed E-state index contributed by atoms with van der Waals surface area (Å²) in [4.78, 5) is 28.5. The quantitative estimate of drug-likeness (QED) is 0.398. The molecule has 0 N–H and O–H groups in total. The maximum absolute atomic E-state index is 13.6. The first-order chi connectivity index (χ1) is 16.0. The Kier molecular flexibility index (Phi) is 5.38. The second kappa shape index (κ2) is 8.37. The Morgan fingerprint density at radius 1 is 1.03 bits per heavy atom. The smallest absolute Gasteiger partial charge is 0.290 e. The standard InChI is InChI=1S/C26H19ClFNO4/c1-32-19-9-2-15(3-10-19)12-13-29-23(16-4-7-18(28)8-5-16)22-24(30)20-14-17(27)6-11-21(20)33-25(22)26(29)31/h2-11,14,23H,12-13H2,1H3/t23-/m1/s1. The number of rotatable bonds is 5. The fourth-order valence-electron chi connectivity index (χ4n) is 4.26. The maximum atomic E-state index is 13.6. The maximum Gasteiger partial charge on any atom is 0.290 e. The molecule has 1 aliphatic heterocycles. The predicted molar refractivity (Wildman–Crippen MR) is 123 cm³/mol. The average molecular weight is 464 g/mol. The van der Waals surface area contributed by atoms with Gasteiger partial charge in [0, 0.05) is 11.6 Å². The Hall–Kier alpha value is -3.64. The molecular weight excluding hydrogens is 445 g/mol. The topological polar surface area (TPSA) is 59.8 Å². The van der Waals surface area contributed by atoms with Crippen molar-refractivity contribution in [3.8, 4) is 5.75 Å². The summed E-state index contributed by atoms with van der Waals surface area (Å²) in [7, 11) is 1.60. The number of ether oxygens (including phenoxy) is 1. The van der Waals surface area contributed by atoms with Crippen LogP contribution in [0.4, 0.5) is 4.39 Å². The SMILES string of the molecule is COc1ccc(CCN2C(=O)c3oc4ccc(Cl)cc4c(=O)c3[C@H]2c2ccc(F)cc2)cc1. The number of carbonyl (C=O) groups is 1. The van der Waals surface area contributed by atoms with Crippen molar-refractivity contribution in [1.29, 1.82) is 0 Å². The minimum absolute atomic E-state index is 0.0129. The molecule has 5 nitrogen and oxygen atoms in total. The molecule has 1 atom stereocenters. The van der Waals surface area contributed by atoms with E-state index in [1.807, 2.05) is 24.3 Å². The summed E-state index contributed by atoms with van der Waals surface area (Å²) in [5.74, 6) is -0.0150. The Morgan fingerprint density at radius 3 is 2.45 bits per heavy atom. The van der Waals surface area contributed by atoms with Crippen LogP contribution in [0.1, 0.15) is 33.3 Å². The first-order valence-corrected chi connectivity index (χ1v) is 10.8. The monoisotopic (exact) mass is 463 g/mol. The van der Waals surface area contributed by atoms with E-state index in [1.165, 1.54) is 18.2 Å². The van der Waals surface area contributed by atoms with E-state index in [2.05, 4.69) is 0 Å². The molecule has 0 radical (unpaired) electrons. The predicted octanol–water partition coefficient (Wildman–Crippen LogP) is 5.38. The first-order valence-electron chi connectivity index (χ1n) is 10.4. The zero-order valence-electron chi connectivity index (χ0n) is 17.7. The van der Waals surface area contributed by atoms with Gasteiger partial charge in [-0.2, -0.15) is 0 Å². The minimum atomic E-state index is -0.689. The second-order valence-corrected chi connectivity index (χ2v) is 8.30. The highest BCUT2D eigenvalue weighted by Crippen LogP contribution is 2.38. The lowest BCUT2D eigenvalue weighted by Gasteiger charge is -2.25. The Morgan fingerprint density at radius 2 is 1.76 bits per heavy atom. The van der Waals surface area contributed by atoms with Gasteiger partial charge in [-0.05, 0) is 60.0 Å². The summed E-state index contributed by atoms with van der Waals surface area (Å²) in [6, 6.07) is 17.4. The van der Waals surface area contributed by atoms with Gasteiger partial charge >= 0.3 is 0 Å². The Labute approximate surface area is 194 Å². The molecule has 33 heavy (non-hydrogen) atoms. The van der Waals surface area contributed by atoms with Crippen LogP contribution >= 0.6 is 11.6 Å². The minimum Gasteiger partial charge on any atom is -0.497 e. The normalized spacial score (nSPS) is 15.2. The van der Waals surface area contributed by atoms with Gasteiger partial charge in [0.15, 0.2) is 5.43 Å². The van der Waals surface area contributed by atoms with Crippen LogP contribution in [0, 0.1) is 5.82 Å². The molecule has 5 rings (SSSR count). The van der Waals surface area contributed by atoms with Gasteiger partial charge in [-0.25, -0.2) is 4.39 Å². The van der Waals surface area contributed by atoms with Gasteiger partial charge in [0.25, 0.3) is 5.91 Å². The van der Waals surface area contributed by atoms with Crippen LogP contribution in [0.2, 0.25) is 5.02 Å². The molecule has 2 heterocycles. The van der Waals surface area contributed by atoms with Gasteiger partial charge in [0.05, 0.1) is 24.1 Å². The van der Waals surface area contributed by atoms with Crippen LogP contribution in [0.15, 0.2) is 75.9 Å². The number of halogens is 2. The van der Waals surface area contributed by atoms with E-state index in [9.17, 15) is 14.0 Å². The number of amides is 1. The van der Waals surface area contributed by atoms with Gasteiger partial charge in [0.1, 0.15) is 17.1 Å². The summed E-state index contributed by atoms with van der Waals surface area (Å²) >= 11 is 6.10. The highest BCUT2D eigenvalue weighted by Gasteiger charge is 2.42. The molecule has 0 fully saturated rings. The van der Waals surface area contributed by atoms with Gasteiger partial charge in [-0.1, -0.05) is 35.9 Å². The molecule has 1 aromatic heterocycles. The van der Waals surface area contributed by atoms with Crippen LogP contribution in [-0.2, 0) is 6.42 Å². The highest BCUT2D eigenvalue weighted by atomic mass is 35.5. The average Bonchev–Trinajstić information content (AvgIpc) is 3.11. The molecule has 7 heteroatoms. The van der Waals surface area contributed by atoms with Gasteiger partial charge in [0.2, 0.25) is 5.76 Å². The molecule has 1 amide bonds. The summed E-state index contributed by atoms with van der Waals surface area (Å²) in [6.45, 7) is 0.341. The number of benzene rings is 3. The number of hydrogen-bond acceptors (Lipinski definition) is 4. The van der Waals surface area contributed by atoms with E-state index < -0.39 is 11.9 Å². The fourth-order valence-corrected chi connectivity index (χ4v) is 4.43. The molecule has 0 saturated carbocycles. The summed E-state index contributed by atoms with van der Waals surface area (Å²) in [5.41, 5.74) is 1.87. The molecule has 4 aromatic rings. The lowest BCUT2D eigenvalue weighted by Crippen LogP contribution is -2.31. The molecule has 1 aliphatic rings. The van der Waals surface area contributed by atoms with Crippen molar-refractivity contribution in [1.82, 2.24) is 4.90 Å². The molecule has 0 spiro atoms. The third-order valence-corrected chi connectivity index (χ3v) is 6.15. The molecule has 166 valence electrons. The third kappa shape index (κ3) is 3.76. The lowest BCUT2D eigenvalue weighted by atomic mass is 9.98. The molecule has 0 aliphatic carbocycles. The lowest BCUT2D eigenvalue weighted by molar-refractivity contribution is 0.0730. The molecule has 0 unspecified atom stereocenters. The molecule has 3 aromatic carbocycles. The number of nitrogens with zero attached hydrogens (tertiary/aromatic N) is 1. The van der Waals surface area contributed by atoms with Gasteiger partial charge in [-0.15, -0.1) is 0 Å². The van der Waals surface area contributed by atoms with Gasteiger partial charge in [-0.3, -0.25) is 9.59 Å². The van der Waals surface area contributed by atoms with Crippen molar-refractivity contribution >= 4 is 28.5 Å².